The molecule has 0 aromatic carbocycles. The molecule has 132 valence electrons. The number of cyclic esters (lactones) is 1. The van der Waals surface area contributed by atoms with E-state index in [4.69, 9.17) is 4.74 Å². The summed E-state index contributed by atoms with van der Waals surface area (Å²) >= 11 is 0. The van der Waals surface area contributed by atoms with E-state index in [1.54, 1.807) is 6.92 Å². The predicted molar refractivity (Wildman–Crippen MR) is 97.0 cm³/mol. The molecule has 3 heteroatoms. The second kappa shape index (κ2) is 12.7. The Hall–Kier alpha value is -1.71. The Bertz CT molecular complexity index is 501. The number of carbonyl (C=O) groups excluding carboxylic acids is 1. The number of ether oxygens (including phenoxy) is 1. The van der Waals surface area contributed by atoms with Crippen molar-refractivity contribution in [3.05, 3.63) is 12.7 Å². The highest BCUT2D eigenvalue weighted by Gasteiger charge is 2.40. The van der Waals surface area contributed by atoms with Gasteiger partial charge in [0.15, 0.2) is 0 Å². The van der Waals surface area contributed by atoms with Crippen LogP contribution >= 0.6 is 0 Å². The van der Waals surface area contributed by atoms with E-state index in [2.05, 4.69) is 30.3 Å². The Balaban J connectivity index is 1.98. The van der Waals surface area contributed by atoms with Crippen molar-refractivity contribution in [2.75, 3.05) is 0 Å². The van der Waals surface area contributed by atoms with E-state index in [1.807, 2.05) is 6.08 Å². The number of aliphatic hydroxyl groups is 1. The van der Waals surface area contributed by atoms with Crippen LogP contribution in [-0.2, 0) is 9.53 Å². The van der Waals surface area contributed by atoms with Crippen molar-refractivity contribution in [2.45, 2.75) is 83.3 Å². The maximum absolute atomic E-state index is 11.5. The number of carbonyl (C=O) groups is 1. The number of allylic oxidation sites excluding steroid dienone is 1. The number of esters is 1. The molecule has 0 saturated carbocycles. The second-order valence-corrected chi connectivity index (χ2v) is 6.33. The zero-order valence-corrected chi connectivity index (χ0v) is 14.9. The third-order valence-corrected chi connectivity index (χ3v) is 4.26. The molecule has 0 aromatic heterocycles. The highest BCUT2D eigenvalue weighted by atomic mass is 16.6. The lowest BCUT2D eigenvalue weighted by atomic mass is 9.95. The predicted octanol–water partition coefficient (Wildman–Crippen LogP) is 4.00. The van der Waals surface area contributed by atoms with Gasteiger partial charge in [0, 0.05) is 12.8 Å². The molecule has 0 bridgehead atoms. The van der Waals surface area contributed by atoms with Gasteiger partial charge in [-0.1, -0.05) is 37.2 Å². The minimum Gasteiger partial charge on any atom is -0.460 e. The first-order valence-corrected chi connectivity index (χ1v) is 9.12. The highest BCUT2D eigenvalue weighted by molar-refractivity contribution is 5.75. The molecule has 1 aliphatic rings. The van der Waals surface area contributed by atoms with E-state index in [-0.39, 0.29) is 18.0 Å². The lowest BCUT2D eigenvalue weighted by Crippen LogP contribution is -2.24. The van der Waals surface area contributed by atoms with Crippen LogP contribution in [0.3, 0.4) is 0 Å². The SMILES string of the molecule is C=CCCCCC#CC#CCCCCCCC1C(=O)OC(C)C1O. The maximum atomic E-state index is 11.5. The smallest absolute Gasteiger partial charge is 0.312 e. The summed E-state index contributed by atoms with van der Waals surface area (Å²) in [5, 5.41) is 9.85. The van der Waals surface area contributed by atoms with Crippen LogP contribution in [0.15, 0.2) is 12.7 Å². The first-order valence-electron chi connectivity index (χ1n) is 9.12. The van der Waals surface area contributed by atoms with Crippen molar-refractivity contribution in [1.82, 2.24) is 0 Å². The molecule has 0 amide bonds. The van der Waals surface area contributed by atoms with Gasteiger partial charge in [0.25, 0.3) is 0 Å². The quantitative estimate of drug-likeness (QED) is 0.285. The third kappa shape index (κ3) is 8.23. The van der Waals surface area contributed by atoms with Crippen LogP contribution in [-0.4, -0.2) is 23.3 Å². The number of rotatable bonds is 10. The summed E-state index contributed by atoms with van der Waals surface area (Å²) in [7, 11) is 0. The van der Waals surface area contributed by atoms with Gasteiger partial charge in [-0.15, -0.1) is 6.58 Å². The fourth-order valence-electron chi connectivity index (χ4n) is 2.74. The topological polar surface area (TPSA) is 46.5 Å². The second-order valence-electron chi connectivity index (χ2n) is 6.33. The summed E-state index contributed by atoms with van der Waals surface area (Å²) in [5.74, 6) is 11.4. The summed E-state index contributed by atoms with van der Waals surface area (Å²) in [6.07, 6.45) is 10.9. The molecule has 3 atom stereocenters. The zero-order chi connectivity index (χ0) is 17.6. The molecule has 3 unspecified atom stereocenters. The Morgan fingerprint density at radius 1 is 1.08 bits per heavy atom. The van der Waals surface area contributed by atoms with Gasteiger partial charge in [-0.05, 0) is 50.9 Å². The molecule has 1 rings (SSSR count). The van der Waals surface area contributed by atoms with Gasteiger partial charge < -0.3 is 9.84 Å². The molecule has 1 saturated heterocycles. The lowest BCUT2D eigenvalue weighted by Gasteiger charge is -2.11. The summed E-state index contributed by atoms with van der Waals surface area (Å²) < 4.78 is 5.03. The lowest BCUT2D eigenvalue weighted by molar-refractivity contribution is -0.143. The average molecular weight is 330 g/mol. The van der Waals surface area contributed by atoms with Gasteiger partial charge >= 0.3 is 5.97 Å². The molecule has 1 fully saturated rings. The van der Waals surface area contributed by atoms with Crippen molar-refractivity contribution < 1.29 is 14.6 Å². The number of unbranched alkanes of at least 4 members (excludes halogenated alkanes) is 7. The molecule has 3 nitrogen and oxygen atoms in total. The van der Waals surface area contributed by atoms with Crippen LogP contribution in [0.4, 0.5) is 0 Å². The highest BCUT2D eigenvalue weighted by Crippen LogP contribution is 2.26. The van der Waals surface area contributed by atoms with Gasteiger partial charge in [-0.25, -0.2) is 0 Å². The fraction of sp³-hybridized carbons (Fsp3) is 0.667. The summed E-state index contributed by atoms with van der Waals surface area (Å²) in [6, 6.07) is 0. The molecule has 1 heterocycles. The molecule has 0 spiro atoms. The van der Waals surface area contributed by atoms with E-state index in [1.165, 1.54) is 0 Å². The summed E-state index contributed by atoms with van der Waals surface area (Å²) in [6.45, 7) is 5.44. The Kier molecular flexibility index (Phi) is 10.7. The van der Waals surface area contributed by atoms with E-state index in [0.717, 1.165) is 57.8 Å². The van der Waals surface area contributed by atoms with Crippen LogP contribution < -0.4 is 0 Å². The van der Waals surface area contributed by atoms with Gasteiger partial charge in [0.2, 0.25) is 0 Å². The minimum atomic E-state index is -0.640. The van der Waals surface area contributed by atoms with Crippen molar-refractivity contribution in [3.63, 3.8) is 0 Å². The standard InChI is InChI=1S/C21H30O3/c1-3-4-5-6-7-8-9-10-11-12-13-14-15-16-17-19-20(22)18(2)24-21(19)23/h3,18-20,22H,1,4-7,12-17H2,2H3. The van der Waals surface area contributed by atoms with Crippen LogP contribution in [0.25, 0.3) is 0 Å². The third-order valence-electron chi connectivity index (χ3n) is 4.26. The molecule has 1 aliphatic heterocycles. The van der Waals surface area contributed by atoms with Gasteiger partial charge in [-0.2, -0.15) is 0 Å². The molecule has 0 radical (unpaired) electrons. The number of aliphatic hydroxyl groups excluding tert-OH is 1. The van der Waals surface area contributed by atoms with E-state index in [9.17, 15) is 9.90 Å². The number of hydrogen-bond acceptors (Lipinski definition) is 3. The Morgan fingerprint density at radius 2 is 1.71 bits per heavy atom. The van der Waals surface area contributed by atoms with Gasteiger partial charge in [-0.3, -0.25) is 4.79 Å². The van der Waals surface area contributed by atoms with Crippen LogP contribution in [0.1, 0.15) is 71.1 Å². The van der Waals surface area contributed by atoms with Crippen molar-refractivity contribution >= 4 is 5.97 Å². The van der Waals surface area contributed by atoms with E-state index >= 15 is 0 Å². The van der Waals surface area contributed by atoms with Gasteiger partial charge in [0.1, 0.15) is 12.2 Å². The molecule has 0 aliphatic carbocycles. The first kappa shape index (κ1) is 20.3. The Morgan fingerprint density at radius 3 is 2.29 bits per heavy atom. The summed E-state index contributed by atoms with van der Waals surface area (Å²) in [5.41, 5.74) is 0. The van der Waals surface area contributed by atoms with E-state index < -0.39 is 6.10 Å². The zero-order valence-electron chi connectivity index (χ0n) is 14.9. The number of hydrogen-bond donors (Lipinski definition) is 1. The summed E-state index contributed by atoms with van der Waals surface area (Å²) in [4.78, 5) is 11.5. The molecular formula is C21H30O3. The molecule has 0 aromatic rings. The normalized spacial score (nSPS) is 22.1. The largest absolute Gasteiger partial charge is 0.460 e. The average Bonchev–Trinajstić information content (AvgIpc) is 2.81. The maximum Gasteiger partial charge on any atom is 0.312 e. The molecule has 24 heavy (non-hydrogen) atoms. The van der Waals surface area contributed by atoms with Crippen LogP contribution in [0.2, 0.25) is 0 Å². The van der Waals surface area contributed by atoms with E-state index in [0.29, 0.717) is 6.42 Å². The van der Waals surface area contributed by atoms with Crippen LogP contribution in [0.5, 0.6) is 0 Å². The minimum absolute atomic E-state index is 0.246. The Labute approximate surface area is 146 Å². The fourth-order valence-corrected chi connectivity index (χ4v) is 2.74. The molecular weight excluding hydrogens is 300 g/mol. The first-order chi connectivity index (χ1) is 11.7. The van der Waals surface area contributed by atoms with Crippen molar-refractivity contribution in [2.24, 2.45) is 5.92 Å². The van der Waals surface area contributed by atoms with Gasteiger partial charge in [0.05, 0.1) is 5.92 Å². The monoisotopic (exact) mass is 330 g/mol. The van der Waals surface area contributed by atoms with Crippen molar-refractivity contribution in [1.29, 1.82) is 0 Å². The molecule has 1 N–H and O–H groups in total. The van der Waals surface area contributed by atoms with Crippen LogP contribution in [0, 0.1) is 29.6 Å². The van der Waals surface area contributed by atoms with Crippen molar-refractivity contribution in [3.8, 4) is 23.7 Å².